The van der Waals surface area contributed by atoms with Crippen molar-refractivity contribution < 1.29 is 46.8 Å². The van der Waals surface area contributed by atoms with Crippen LogP contribution in [0.15, 0.2) is 66.7 Å². The fraction of sp³-hybridized carbons (Fsp3) is 0.296. The van der Waals surface area contributed by atoms with E-state index in [0.717, 1.165) is 17.7 Å². The van der Waals surface area contributed by atoms with Gasteiger partial charge < -0.3 is 28.8 Å². The second-order valence-corrected chi connectivity index (χ2v) is 7.90. The number of rotatable bonds is 13. The van der Waals surface area contributed by atoms with Crippen molar-refractivity contribution in [1.29, 1.82) is 0 Å². The molecular formula is C27H27F3O7. The molecule has 0 fully saturated rings. The number of hydrogen-bond acceptors (Lipinski definition) is 6. The third-order valence-electron chi connectivity index (χ3n) is 5.27. The van der Waals surface area contributed by atoms with E-state index in [1.165, 1.54) is 26.4 Å². The molecule has 0 spiro atoms. The average Bonchev–Trinajstić information content (AvgIpc) is 2.88. The maximum atomic E-state index is 12.7. The summed E-state index contributed by atoms with van der Waals surface area (Å²) in [4.78, 5) is 11.2. The molecule has 7 nitrogen and oxygen atoms in total. The molecule has 0 heterocycles. The van der Waals surface area contributed by atoms with Gasteiger partial charge in [0.25, 0.3) is 0 Å². The summed E-state index contributed by atoms with van der Waals surface area (Å²) in [7, 11) is 2.85. The number of halogens is 3. The minimum absolute atomic E-state index is 0.199. The summed E-state index contributed by atoms with van der Waals surface area (Å²) in [5, 5.41) is 9.14. The van der Waals surface area contributed by atoms with Gasteiger partial charge in [0.05, 0.1) is 25.9 Å². The van der Waals surface area contributed by atoms with Gasteiger partial charge in [-0.15, -0.1) is 0 Å². The smallest absolute Gasteiger partial charge is 0.416 e. The van der Waals surface area contributed by atoms with Crippen molar-refractivity contribution in [2.45, 2.75) is 25.1 Å². The Hall–Kier alpha value is -3.92. The molecule has 0 aliphatic heterocycles. The molecule has 0 radical (unpaired) electrons. The third-order valence-corrected chi connectivity index (χ3v) is 5.27. The van der Waals surface area contributed by atoms with Crippen molar-refractivity contribution in [2.24, 2.45) is 0 Å². The van der Waals surface area contributed by atoms with E-state index < -0.39 is 23.8 Å². The Morgan fingerprint density at radius 3 is 2.00 bits per heavy atom. The average molecular weight is 521 g/mol. The largest absolute Gasteiger partial charge is 0.493 e. The highest BCUT2D eigenvalue weighted by Gasteiger charge is 2.30. The van der Waals surface area contributed by atoms with Crippen molar-refractivity contribution >= 4 is 5.97 Å². The Kier molecular flexibility index (Phi) is 9.62. The molecule has 3 aromatic carbocycles. The molecule has 10 heteroatoms. The number of ether oxygens (including phenoxy) is 5. The quantitative estimate of drug-likeness (QED) is 0.277. The third kappa shape index (κ3) is 8.32. The lowest BCUT2D eigenvalue weighted by Crippen LogP contribution is -2.24. The lowest BCUT2D eigenvalue weighted by molar-refractivity contribution is -0.148. The predicted molar refractivity (Wildman–Crippen MR) is 129 cm³/mol. The van der Waals surface area contributed by atoms with E-state index in [2.05, 4.69) is 0 Å². The zero-order valence-corrected chi connectivity index (χ0v) is 20.3. The van der Waals surface area contributed by atoms with Gasteiger partial charge in [-0.2, -0.15) is 13.2 Å². The van der Waals surface area contributed by atoms with E-state index in [4.69, 9.17) is 28.8 Å². The summed E-state index contributed by atoms with van der Waals surface area (Å²) >= 11 is 0. The Bertz CT molecular complexity index is 1150. The lowest BCUT2D eigenvalue weighted by Gasteiger charge is -2.14. The van der Waals surface area contributed by atoms with Gasteiger partial charge in [-0.1, -0.05) is 6.07 Å². The zero-order valence-electron chi connectivity index (χ0n) is 20.3. The Balaban J connectivity index is 1.43. The second kappa shape index (κ2) is 12.9. The van der Waals surface area contributed by atoms with Crippen LogP contribution in [0.3, 0.4) is 0 Å². The first-order valence-corrected chi connectivity index (χ1v) is 11.3. The molecule has 37 heavy (non-hydrogen) atoms. The monoisotopic (exact) mass is 520 g/mol. The molecule has 0 saturated heterocycles. The molecule has 3 aromatic rings. The Labute approximate surface area is 212 Å². The molecule has 0 amide bonds. The second-order valence-electron chi connectivity index (χ2n) is 7.90. The highest BCUT2D eigenvalue weighted by Crippen LogP contribution is 2.32. The summed E-state index contributed by atoms with van der Waals surface area (Å²) in [6.45, 7) is 0.744. The molecular weight excluding hydrogens is 493 g/mol. The van der Waals surface area contributed by atoms with E-state index in [1.807, 2.05) is 0 Å². The number of hydrogen-bond donors (Lipinski definition) is 1. The Morgan fingerprint density at radius 2 is 1.43 bits per heavy atom. The molecule has 0 unspecified atom stereocenters. The van der Waals surface area contributed by atoms with E-state index in [0.29, 0.717) is 48.4 Å². The van der Waals surface area contributed by atoms with Crippen LogP contribution in [0.2, 0.25) is 0 Å². The first-order chi connectivity index (χ1) is 17.7. The van der Waals surface area contributed by atoms with Gasteiger partial charge in [0, 0.05) is 20.0 Å². The van der Waals surface area contributed by atoms with Gasteiger partial charge in [-0.25, -0.2) is 4.79 Å². The van der Waals surface area contributed by atoms with Gasteiger partial charge in [0.1, 0.15) is 17.2 Å². The number of carboxylic acids is 1. The fourth-order valence-corrected chi connectivity index (χ4v) is 3.33. The minimum atomic E-state index is -4.39. The normalized spacial score (nSPS) is 12.0. The van der Waals surface area contributed by atoms with Crippen LogP contribution in [0.1, 0.15) is 17.5 Å². The number of carbonyl (C=O) groups is 1. The van der Waals surface area contributed by atoms with Crippen LogP contribution in [-0.4, -0.2) is 44.6 Å². The summed E-state index contributed by atoms with van der Waals surface area (Å²) in [5.74, 6) is 1.34. The predicted octanol–water partition coefficient (Wildman–Crippen LogP) is 6.00. The number of aliphatic carboxylic acids is 1. The highest BCUT2D eigenvalue weighted by atomic mass is 19.4. The first-order valence-electron chi connectivity index (χ1n) is 11.3. The van der Waals surface area contributed by atoms with Crippen molar-refractivity contribution in [3.63, 3.8) is 0 Å². The first kappa shape index (κ1) is 27.7. The molecule has 1 N–H and O–H groups in total. The molecule has 0 saturated carbocycles. The van der Waals surface area contributed by atoms with E-state index in [1.54, 1.807) is 42.5 Å². The lowest BCUT2D eigenvalue weighted by atomic mass is 10.1. The van der Waals surface area contributed by atoms with Crippen molar-refractivity contribution in [2.75, 3.05) is 27.4 Å². The van der Waals surface area contributed by atoms with Crippen LogP contribution in [0.25, 0.3) is 0 Å². The number of carboxylic acid groups (broad SMARTS) is 1. The Morgan fingerprint density at radius 1 is 0.838 bits per heavy atom. The number of methoxy groups -OCH3 is 2. The van der Waals surface area contributed by atoms with Crippen molar-refractivity contribution in [1.82, 2.24) is 0 Å². The molecule has 0 aliphatic carbocycles. The van der Waals surface area contributed by atoms with E-state index >= 15 is 0 Å². The number of benzene rings is 3. The topological polar surface area (TPSA) is 83.5 Å². The summed E-state index contributed by atoms with van der Waals surface area (Å²) in [6, 6.07) is 16.4. The van der Waals surface area contributed by atoms with Crippen LogP contribution in [0.5, 0.6) is 28.7 Å². The molecule has 198 valence electrons. The molecule has 0 aliphatic rings. The van der Waals surface area contributed by atoms with Gasteiger partial charge in [-0.3, -0.25) is 0 Å². The minimum Gasteiger partial charge on any atom is -0.493 e. The zero-order chi connectivity index (χ0) is 26.8. The molecule has 3 rings (SSSR count). The van der Waals surface area contributed by atoms with E-state index in [-0.39, 0.29) is 6.42 Å². The van der Waals surface area contributed by atoms with Crippen LogP contribution >= 0.6 is 0 Å². The fourth-order valence-electron chi connectivity index (χ4n) is 3.33. The van der Waals surface area contributed by atoms with Crippen LogP contribution in [-0.2, 0) is 22.1 Å². The standard InChI is InChI=1S/C27H27F3O7/c1-33-24-16-18(17-25(34-2)26(31)32)4-13-23(24)36-15-3-14-35-20-9-11-22(12-10-20)37-21-7-5-19(6-8-21)27(28,29)30/h4-13,16,25H,3,14-15,17H2,1-2H3,(H,31,32)/t25-/m0/s1. The maximum absolute atomic E-state index is 12.7. The molecule has 1 atom stereocenters. The highest BCUT2D eigenvalue weighted by molar-refractivity contribution is 5.72. The van der Waals surface area contributed by atoms with Gasteiger partial charge in [0.15, 0.2) is 17.6 Å². The molecule has 0 aromatic heterocycles. The van der Waals surface area contributed by atoms with Gasteiger partial charge in [0.2, 0.25) is 0 Å². The van der Waals surface area contributed by atoms with E-state index in [9.17, 15) is 18.0 Å². The van der Waals surface area contributed by atoms with Gasteiger partial charge >= 0.3 is 12.1 Å². The summed E-state index contributed by atoms with van der Waals surface area (Å²) in [6.07, 6.45) is -4.56. The number of alkyl halides is 3. The maximum Gasteiger partial charge on any atom is 0.416 e. The summed E-state index contributed by atoms with van der Waals surface area (Å²) < 4.78 is 65.3. The van der Waals surface area contributed by atoms with Crippen molar-refractivity contribution in [3.05, 3.63) is 77.9 Å². The van der Waals surface area contributed by atoms with Crippen LogP contribution in [0, 0.1) is 0 Å². The van der Waals surface area contributed by atoms with Crippen LogP contribution < -0.4 is 18.9 Å². The van der Waals surface area contributed by atoms with Crippen molar-refractivity contribution in [3.8, 4) is 28.7 Å². The molecule has 0 bridgehead atoms. The SMILES string of the molecule is COc1cc(C[C@H](OC)C(=O)O)ccc1OCCCOc1ccc(Oc2ccc(C(F)(F)F)cc2)cc1. The summed E-state index contributed by atoms with van der Waals surface area (Å²) in [5.41, 5.74) is 0.00604. The van der Waals surface area contributed by atoms with Gasteiger partial charge in [-0.05, 0) is 66.2 Å². The van der Waals surface area contributed by atoms with Crippen LogP contribution in [0.4, 0.5) is 13.2 Å².